The van der Waals surface area contributed by atoms with Crippen LogP contribution in [0, 0.1) is 0 Å². The van der Waals surface area contributed by atoms with E-state index in [1.807, 2.05) is 0 Å². The molecule has 0 aliphatic carbocycles. The van der Waals surface area contributed by atoms with Gasteiger partial charge in [0.1, 0.15) is 0 Å². The second kappa shape index (κ2) is 4.75. The Hall–Kier alpha value is -1.03. The molecule has 1 heterocycles. The molecule has 1 rings (SSSR count). The van der Waals surface area contributed by atoms with E-state index >= 15 is 0 Å². The fraction of sp³-hybridized carbons (Fsp3) is 1.00. The zero-order valence-corrected chi connectivity index (χ0v) is 9.79. The highest BCUT2D eigenvalue weighted by Gasteiger charge is 2.87. The van der Waals surface area contributed by atoms with E-state index in [1.165, 1.54) is 0 Å². The smallest absolute Gasteiger partial charge is 0.335 e. The highest BCUT2D eigenvalue weighted by molar-refractivity contribution is 5.01. The van der Waals surface area contributed by atoms with Crippen LogP contribution >= 0.6 is 0 Å². The third-order valence-corrected chi connectivity index (χ3v) is 2.46. The van der Waals surface area contributed by atoms with Gasteiger partial charge in [-0.15, -0.1) is 4.90 Å². The number of hydrogen-bond donors (Lipinski definition) is 1. The van der Waals surface area contributed by atoms with Crippen LogP contribution in [0.25, 0.3) is 0 Å². The maximum absolute atomic E-state index is 13.1. The Balaban J connectivity index is 3.71. The van der Waals surface area contributed by atoms with Crippen molar-refractivity contribution in [2.75, 3.05) is 0 Å². The molecule has 0 aromatic heterocycles. The van der Waals surface area contributed by atoms with Crippen molar-refractivity contribution in [2.24, 2.45) is 0 Å². The monoisotopic (exact) mass is 379 g/mol. The summed E-state index contributed by atoms with van der Waals surface area (Å²) in [6.45, 7) is 0. The summed E-state index contributed by atoms with van der Waals surface area (Å²) < 4.78 is 167. The molecule has 1 atom stereocenters. The molecule has 0 spiro atoms. The number of ether oxygens (including phenoxy) is 1. The van der Waals surface area contributed by atoms with Crippen LogP contribution in [0.1, 0.15) is 0 Å². The van der Waals surface area contributed by atoms with Gasteiger partial charge >= 0.3 is 36.6 Å². The van der Waals surface area contributed by atoms with Gasteiger partial charge in [-0.3, -0.25) is 0 Å². The molecule has 1 N–H and O–H groups in total. The normalized spacial score (nSPS) is 28.4. The van der Waals surface area contributed by atoms with Crippen molar-refractivity contribution in [2.45, 2.75) is 42.6 Å². The van der Waals surface area contributed by atoms with E-state index in [-0.39, 0.29) is 0 Å². The Labute approximate surface area is 116 Å². The zero-order valence-electron chi connectivity index (χ0n) is 9.79. The zero-order chi connectivity index (χ0) is 18.9. The van der Waals surface area contributed by atoms with Gasteiger partial charge in [-0.1, -0.05) is 0 Å². The molecule has 1 fully saturated rings. The van der Waals surface area contributed by atoms with Crippen molar-refractivity contribution < 1.29 is 66.9 Å². The summed E-state index contributed by atoms with van der Waals surface area (Å²) in [7, 11) is 0. The van der Waals surface area contributed by atoms with Crippen LogP contribution in [0.15, 0.2) is 0 Å². The number of aliphatic hydroxyl groups is 1. The lowest BCUT2D eigenvalue weighted by Gasteiger charge is -2.50. The molecule has 16 heteroatoms. The molecule has 3 nitrogen and oxygen atoms in total. The Kier molecular flexibility index (Phi) is 4.13. The molecule has 1 aliphatic rings. The van der Waals surface area contributed by atoms with E-state index in [0.717, 1.165) is 0 Å². The van der Waals surface area contributed by atoms with Gasteiger partial charge in [-0.05, 0) is 0 Å². The molecule has 1 unspecified atom stereocenters. The summed E-state index contributed by atoms with van der Waals surface area (Å²) in [5, 5.41) is 7.88. The SMILES string of the molecule is OC(F)(F)C(N1C(F)(F)C(F)(F)OC(F)(F)C1(F)F)C(F)(F)F. The lowest BCUT2D eigenvalue weighted by atomic mass is 10.1. The van der Waals surface area contributed by atoms with Crippen molar-refractivity contribution in [1.29, 1.82) is 0 Å². The number of hydrogen-bond acceptors (Lipinski definition) is 3. The molecule has 0 amide bonds. The maximum atomic E-state index is 13.1. The van der Waals surface area contributed by atoms with Gasteiger partial charge in [0.2, 0.25) is 6.04 Å². The van der Waals surface area contributed by atoms with E-state index in [1.54, 1.807) is 4.74 Å². The average Bonchev–Trinajstić information content (AvgIpc) is 2.17. The minimum atomic E-state index is -7.00. The van der Waals surface area contributed by atoms with E-state index in [9.17, 15) is 57.1 Å². The van der Waals surface area contributed by atoms with E-state index < -0.39 is 47.5 Å². The molecular weight excluding hydrogens is 377 g/mol. The van der Waals surface area contributed by atoms with Crippen LogP contribution < -0.4 is 0 Å². The molecule has 0 aromatic rings. The molecule has 138 valence electrons. The van der Waals surface area contributed by atoms with Gasteiger partial charge in [0.15, 0.2) is 0 Å². The fourth-order valence-corrected chi connectivity index (χ4v) is 1.56. The minimum absolute atomic E-state index is 1.80. The first-order valence-corrected chi connectivity index (χ1v) is 4.87. The molecule has 1 aliphatic heterocycles. The summed E-state index contributed by atoms with van der Waals surface area (Å²) in [5.41, 5.74) is 0. The fourth-order valence-electron chi connectivity index (χ4n) is 1.56. The molecule has 0 saturated carbocycles. The average molecular weight is 379 g/mol. The van der Waals surface area contributed by atoms with E-state index in [4.69, 9.17) is 5.11 Å². The minimum Gasteiger partial charge on any atom is -0.335 e. The van der Waals surface area contributed by atoms with Gasteiger partial charge in [0, 0.05) is 0 Å². The highest BCUT2D eigenvalue weighted by Crippen LogP contribution is 2.58. The van der Waals surface area contributed by atoms with Gasteiger partial charge in [-0.2, -0.15) is 57.1 Å². The number of halogens is 13. The largest absolute Gasteiger partial charge is 0.439 e. The van der Waals surface area contributed by atoms with Crippen molar-refractivity contribution in [3.8, 4) is 0 Å². The predicted octanol–water partition coefficient (Wildman–Crippen LogP) is 3.21. The van der Waals surface area contributed by atoms with Gasteiger partial charge < -0.3 is 5.11 Å². The van der Waals surface area contributed by atoms with Crippen LogP contribution in [0.4, 0.5) is 57.1 Å². The van der Waals surface area contributed by atoms with E-state index in [2.05, 4.69) is 0 Å². The number of rotatable bonds is 2. The highest BCUT2D eigenvalue weighted by atomic mass is 19.4. The first-order chi connectivity index (χ1) is 9.70. The molecule has 23 heavy (non-hydrogen) atoms. The summed E-state index contributed by atoms with van der Waals surface area (Å²) in [4.78, 5) is -3.51. The van der Waals surface area contributed by atoms with Crippen molar-refractivity contribution in [3.63, 3.8) is 0 Å². The summed E-state index contributed by atoms with van der Waals surface area (Å²) >= 11 is 0. The second-order valence-electron chi connectivity index (χ2n) is 4.12. The van der Waals surface area contributed by atoms with Gasteiger partial charge in [0.05, 0.1) is 0 Å². The lowest BCUT2D eigenvalue weighted by Crippen LogP contribution is -2.79. The molecule has 0 bridgehead atoms. The molecule has 1 saturated heterocycles. The Bertz CT molecular complexity index is 426. The Morgan fingerprint density at radius 3 is 1.26 bits per heavy atom. The second-order valence-corrected chi connectivity index (χ2v) is 4.12. The van der Waals surface area contributed by atoms with Crippen molar-refractivity contribution in [3.05, 3.63) is 0 Å². The van der Waals surface area contributed by atoms with Crippen molar-refractivity contribution >= 4 is 0 Å². The van der Waals surface area contributed by atoms with Crippen LogP contribution in [-0.2, 0) is 4.74 Å². The molecular formula is C7H2F13NO2. The summed E-state index contributed by atoms with van der Waals surface area (Å²) in [5.74, 6) is 0. The van der Waals surface area contributed by atoms with Crippen LogP contribution in [0.2, 0.25) is 0 Å². The number of alkyl halides is 13. The van der Waals surface area contributed by atoms with E-state index in [0.29, 0.717) is 0 Å². The first-order valence-electron chi connectivity index (χ1n) is 4.87. The number of nitrogens with zero attached hydrogens (tertiary/aromatic N) is 1. The van der Waals surface area contributed by atoms with Crippen LogP contribution in [-0.4, -0.2) is 52.6 Å². The molecule has 0 aromatic carbocycles. The predicted molar refractivity (Wildman–Crippen MR) is 39.7 cm³/mol. The first kappa shape index (κ1) is 20.0. The quantitative estimate of drug-likeness (QED) is 0.591. The van der Waals surface area contributed by atoms with Crippen molar-refractivity contribution in [1.82, 2.24) is 4.90 Å². The summed E-state index contributed by atoms with van der Waals surface area (Å²) in [6.07, 6.45) is -27.0. The summed E-state index contributed by atoms with van der Waals surface area (Å²) in [6, 6.07) is -19.8. The third-order valence-electron chi connectivity index (χ3n) is 2.46. The van der Waals surface area contributed by atoms with Crippen LogP contribution in [0.5, 0.6) is 0 Å². The lowest BCUT2D eigenvalue weighted by molar-refractivity contribution is -0.579. The third kappa shape index (κ3) is 2.90. The Morgan fingerprint density at radius 1 is 0.739 bits per heavy atom. The standard InChI is InChI=1S/C7H2F13NO2/c8-2(9,10)1(3(11,12)22)21-4(13,14)6(17,18)23-7(19,20)5(21,15)16/h1,22H. The molecule has 0 radical (unpaired) electrons. The van der Waals surface area contributed by atoms with Gasteiger partial charge in [-0.25, -0.2) is 4.74 Å². The maximum Gasteiger partial charge on any atom is 0.439 e. The Morgan fingerprint density at radius 2 is 1.04 bits per heavy atom. The van der Waals surface area contributed by atoms with Gasteiger partial charge in [0.25, 0.3) is 0 Å². The number of morpholine rings is 1. The topological polar surface area (TPSA) is 32.7 Å². The van der Waals surface area contributed by atoms with Crippen LogP contribution in [0.3, 0.4) is 0 Å².